The van der Waals surface area contributed by atoms with Gasteiger partial charge in [0.2, 0.25) is 15.9 Å². The quantitative estimate of drug-likeness (QED) is 0.519. The van der Waals surface area contributed by atoms with Gasteiger partial charge in [-0.3, -0.25) is 9.59 Å². The predicted molar refractivity (Wildman–Crippen MR) is 128 cm³/mol. The largest absolute Gasteiger partial charge is 0.489 e. The summed E-state index contributed by atoms with van der Waals surface area (Å²) in [6.45, 7) is 0.572. The standard InChI is InChI=1S/C24H22ClN3O5S/c25-22-4-2-1-3-18(22)16-33-20-9-7-19(8-10-20)27-24(30)17-5-11-21(12-6-17)34(31,32)28-14-13-26-23(29)15-28/h1-12H,13-16H2,(H,26,29)(H,27,30). The van der Waals surface area contributed by atoms with E-state index in [1.165, 1.54) is 24.3 Å². The summed E-state index contributed by atoms with van der Waals surface area (Å²) in [5.41, 5.74) is 1.73. The molecule has 34 heavy (non-hydrogen) atoms. The molecule has 176 valence electrons. The Hall–Kier alpha value is -3.40. The highest BCUT2D eigenvalue weighted by atomic mass is 35.5. The summed E-state index contributed by atoms with van der Waals surface area (Å²) in [4.78, 5) is 24.1. The molecule has 2 amide bonds. The van der Waals surface area contributed by atoms with E-state index in [0.717, 1.165) is 9.87 Å². The van der Waals surface area contributed by atoms with Crippen LogP contribution in [-0.2, 0) is 21.4 Å². The van der Waals surface area contributed by atoms with Crippen LogP contribution in [0.25, 0.3) is 0 Å². The molecule has 10 heteroatoms. The summed E-state index contributed by atoms with van der Waals surface area (Å²) in [5, 5.41) is 5.99. The SMILES string of the molecule is O=C1CN(S(=O)(=O)c2ccc(C(=O)Nc3ccc(OCc4ccccc4Cl)cc3)cc2)CCN1. The fourth-order valence-corrected chi connectivity index (χ4v) is 4.95. The van der Waals surface area contributed by atoms with Gasteiger partial charge in [-0.1, -0.05) is 29.8 Å². The van der Waals surface area contributed by atoms with Gasteiger partial charge >= 0.3 is 0 Å². The minimum Gasteiger partial charge on any atom is -0.489 e. The number of rotatable bonds is 7. The van der Waals surface area contributed by atoms with Crippen LogP contribution in [-0.4, -0.2) is 44.2 Å². The summed E-state index contributed by atoms with van der Waals surface area (Å²) >= 11 is 6.13. The summed E-state index contributed by atoms with van der Waals surface area (Å²) in [5.74, 6) is -0.101. The van der Waals surface area contributed by atoms with Crippen molar-refractivity contribution < 1.29 is 22.7 Å². The molecule has 0 aromatic heterocycles. The Morgan fingerprint density at radius 2 is 1.74 bits per heavy atom. The van der Waals surface area contributed by atoms with Crippen LogP contribution in [0.15, 0.2) is 77.7 Å². The van der Waals surface area contributed by atoms with Crippen molar-refractivity contribution >= 4 is 39.1 Å². The van der Waals surface area contributed by atoms with Crippen molar-refractivity contribution in [2.45, 2.75) is 11.5 Å². The van der Waals surface area contributed by atoms with Crippen LogP contribution in [0, 0.1) is 0 Å². The third kappa shape index (κ3) is 5.56. The third-order valence-corrected chi connectivity index (χ3v) is 7.45. The molecule has 0 saturated carbocycles. The van der Waals surface area contributed by atoms with Crippen molar-refractivity contribution in [1.82, 2.24) is 9.62 Å². The van der Waals surface area contributed by atoms with E-state index in [1.54, 1.807) is 30.3 Å². The van der Waals surface area contributed by atoms with Gasteiger partial charge in [-0.15, -0.1) is 0 Å². The van der Waals surface area contributed by atoms with E-state index in [2.05, 4.69) is 10.6 Å². The maximum absolute atomic E-state index is 12.7. The van der Waals surface area contributed by atoms with Crippen molar-refractivity contribution in [3.8, 4) is 5.75 Å². The molecule has 2 N–H and O–H groups in total. The van der Waals surface area contributed by atoms with Crippen LogP contribution < -0.4 is 15.4 Å². The normalized spacial score (nSPS) is 14.3. The van der Waals surface area contributed by atoms with E-state index >= 15 is 0 Å². The number of piperazine rings is 1. The number of ether oxygens (including phenoxy) is 1. The van der Waals surface area contributed by atoms with Gasteiger partial charge in [0.15, 0.2) is 0 Å². The zero-order valence-electron chi connectivity index (χ0n) is 18.0. The molecule has 0 unspecified atom stereocenters. The molecule has 1 aliphatic heterocycles. The van der Waals surface area contributed by atoms with Crippen LogP contribution in [0.2, 0.25) is 5.02 Å². The molecular weight excluding hydrogens is 478 g/mol. The third-order valence-electron chi connectivity index (χ3n) is 5.22. The predicted octanol–water partition coefficient (Wildman–Crippen LogP) is 3.29. The van der Waals surface area contributed by atoms with Gasteiger partial charge in [-0.25, -0.2) is 8.42 Å². The molecule has 8 nitrogen and oxygen atoms in total. The highest BCUT2D eigenvalue weighted by molar-refractivity contribution is 7.89. The molecule has 4 rings (SSSR count). The molecule has 1 saturated heterocycles. The zero-order chi connectivity index (χ0) is 24.1. The number of amides is 2. The lowest BCUT2D eigenvalue weighted by atomic mass is 10.2. The van der Waals surface area contributed by atoms with E-state index in [4.69, 9.17) is 16.3 Å². The summed E-state index contributed by atoms with van der Waals surface area (Å²) in [6, 6.07) is 19.9. The van der Waals surface area contributed by atoms with Crippen LogP contribution in [0.3, 0.4) is 0 Å². The van der Waals surface area contributed by atoms with Gasteiger partial charge in [-0.05, 0) is 54.6 Å². The van der Waals surface area contributed by atoms with Crippen molar-refractivity contribution in [3.63, 3.8) is 0 Å². The van der Waals surface area contributed by atoms with E-state index in [-0.39, 0.29) is 36.3 Å². The fourth-order valence-electron chi connectivity index (χ4n) is 3.36. The van der Waals surface area contributed by atoms with Crippen molar-refractivity contribution in [3.05, 3.63) is 88.9 Å². The van der Waals surface area contributed by atoms with Crippen molar-refractivity contribution in [2.24, 2.45) is 0 Å². The van der Waals surface area contributed by atoms with Gasteiger partial charge in [0.25, 0.3) is 5.91 Å². The average molecular weight is 500 g/mol. The lowest BCUT2D eigenvalue weighted by molar-refractivity contribution is -0.122. The van der Waals surface area contributed by atoms with Gasteiger partial charge in [0, 0.05) is 34.9 Å². The Morgan fingerprint density at radius 3 is 2.41 bits per heavy atom. The molecule has 1 heterocycles. The molecule has 1 aliphatic rings. The molecule has 0 spiro atoms. The van der Waals surface area contributed by atoms with Crippen LogP contribution >= 0.6 is 11.6 Å². The maximum atomic E-state index is 12.7. The number of halogens is 1. The lowest BCUT2D eigenvalue weighted by Crippen LogP contribution is -2.49. The van der Waals surface area contributed by atoms with E-state index < -0.39 is 10.0 Å². The number of hydrogen-bond donors (Lipinski definition) is 2. The molecule has 0 aliphatic carbocycles. The second kappa shape index (κ2) is 10.3. The Morgan fingerprint density at radius 1 is 1.03 bits per heavy atom. The Labute approximate surface area is 202 Å². The smallest absolute Gasteiger partial charge is 0.255 e. The van der Waals surface area contributed by atoms with Crippen molar-refractivity contribution in [2.75, 3.05) is 25.0 Å². The van der Waals surface area contributed by atoms with Crippen LogP contribution in [0.4, 0.5) is 5.69 Å². The minimum absolute atomic E-state index is 0.0266. The Kier molecular flexibility index (Phi) is 7.16. The van der Waals surface area contributed by atoms with Crippen LogP contribution in [0.5, 0.6) is 5.75 Å². The first kappa shape index (κ1) is 23.7. The number of hydrogen-bond acceptors (Lipinski definition) is 5. The van der Waals surface area contributed by atoms with E-state index in [1.807, 2.05) is 18.2 Å². The number of sulfonamides is 1. The molecule has 1 fully saturated rings. The maximum Gasteiger partial charge on any atom is 0.255 e. The van der Waals surface area contributed by atoms with Gasteiger partial charge < -0.3 is 15.4 Å². The molecule has 3 aromatic rings. The number of carbonyl (C=O) groups excluding carboxylic acids is 2. The zero-order valence-corrected chi connectivity index (χ0v) is 19.6. The van der Waals surface area contributed by atoms with Crippen molar-refractivity contribution in [1.29, 1.82) is 0 Å². The monoisotopic (exact) mass is 499 g/mol. The summed E-state index contributed by atoms with van der Waals surface area (Å²) < 4.78 is 32.3. The Balaban J connectivity index is 1.36. The lowest BCUT2D eigenvalue weighted by Gasteiger charge is -2.25. The number of benzene rings is 3. The number of nitrogens with one attached hydrogen (secondary N) is 2. The second-order valence-corrected chi connectivity index (χ2v) is 9.92. The molecule has 0 bridgehead atoms. The molecule has 0 radical (unpaired) electrons. The highest BCUT2D eigenvalue weighted by Gasteiger charge is 2.29. The second-order valence-electron chi connectivity index (χ2n) is 7.57. The van der Waals surface area contributed by atoms with Gasteiger partial charge in [0.05, 0.1) is 11.4 Å². The minimum atomic E-state index is -3.81. The first-order valence-corrected chi connectivity index (χ1v) is 12.3. The average Bonchev–Trinajstić information content (AvgIpc) is 2.84. The van der Waals surface area contributed by atoms with Gasteiger partial charge in [0.1, 0.15) is 12.4 Å². The Bertz CT molecular complexity index is 1290. The summed E-state index contributed by atoms with van der Waals surface area (Å²) in [6.07, 6.45) is 0. The van der Waals surface area contributed by atoms with E-state index in [9.17, 15) is 18.0 Å². The topological polar surface area (TPSA) is 105 Å². The summed E-state index contributed by atoms with van der Waals surface area (Å²) in [7, 11) is -3.81. The number of carbonyl (C=O) groups is 2. The fraction of sp³-hybridized carbons (Fsp3) is 0.167. The highest BCUT2D eigenvalue weighted by Crippen LogP contribution is 2.21. The molecule has 3 aromatic carbocycles. The molecule has 0 atom stereocenters. The van der Waals surface area contributed by atoms with Crippen LogP contribution in [0.1, 0.15) is 15.9 Å². The molecular formula is C24H22ClN3O5S. The number of nitrogens with zero attached hydrogens (tertiary/aromatic N) is 1. The first-order valence-electron chi connectivity index (χ1n) is 10.5. The van der Waals surface area contributed by atoms with E-state index in [0.29, 0.717) is 28.6 Å². The number of anilines is 1. The first-order chi connectivity index (χ1) is 16.3. The van der Waals surface area contributed by atoms with Gasteiger partial charge in [-0.2, -0.15) is 4.31 Å².